The minimum absolute atomic E-state index is 0.205. The third kappa shape index (κ3) is 4.41. The summed E-state index contributed by atoms with van der Waals surface area (Å²) < 4.78 is 5.47. The molecule has 0 fully saturated rings. The van der Waals surface area contributed by atoms with E-state index in [1.807, 2.05) is 13.8 Å². The van der Waals surface area contributed by atoms with E-state index in [1.54, 1.807) is 24.8 Å². The minimum atomic E-state index is -0.332. The quantitative estimate of drug-likeness (QED) is 0.418. The van der Waals surface area contributed by atoms with Crippen LogP contribution in [0, 0.1) is 6.92 Å². The van der Waals surface area contributed by atoms with Crippen LogP contribution in [0.3, 0.4) is 0 Å². The summed E-state index contributed by atoms with van der Waals surface area (Å²) in [6.45, 7) is 5.69. The van der Waals surface area contributed by atoms with Gasteiger partial charge in [0, 0.05) is 11.3 Å². The number of carbonyl (C=O) groups excluding carboxylic acids is 1. The van der Waals surface area contributed by atoms with Gasteiger partial charge in [-0.2, -0.15) is 11.8 Å². The molecule has 0 bridgehead atoms. The Morgan fingerprint density at radius 1 is 1.59 bits per heavy atom. The molecule has 1 aromatic rings. The van der Waals surface area contributed by atoms with Crippen molar-refractivity contribution in [2.45, 2.75) is 32.1 Å². The molecule has 0 aliphatic heterocycles. The van der Waals surface area contributed by atoms with E-state index in [-0.39, 0.29) is 11.4 Å². The number of amides is 1. The van der Waals surface area contributed by atoms with Crippen molar-refractivity contribution in [3.05, 3.63) is 23.2 Å². The SMILES string of the molecule is Cc1oc(CSCC(C)(C)N)cc1C(=O)NN. The maximum atomic E-state index is 11.4. The van der Waals surface area contributed by atoms with Crippen LogP contribution in [0.5, 0.6) is 0 Å². The fourth-order valence-electron chi connectivity index (χ4n) is 1.33. The number of hydrazine groups is 1. The number of nitrogen functional groups attached to an aromatic ring is 1. The second-order valence-corrected chi connectivity index (χ2v) is 5.62. The van der Waals surface area contributed by atoms with Crippen LogP contribution < -0.4 is 17.0 Å². The molecule has 0 aliphatic rings. The lowest BCUT2D eigenvalue weighted by molar-refractivity contribution is 0.0952. The molecule has 1 heterocycles. The molecule has 1 amide bonds. The fraction of sp³-hybridized carbons (Fsp3) is 0.545. The van der Waals surface area contributed by atoms with E-state index >= 15 is 0 Å². The summed E-state index contributed by atoms with van der Waals surface area (Å²) in [6, 6.07) is 1.72. The average Bonchev–Trinajstić information content (AvgIpc) is 2.57. The first-order valence-corrected chi connectivity index (χ1v) is 6.46. The molecule has 0 spiro atoms. The Hall–Kier alpha value is -0.980. The topological polar surface area (TPSA) is 94.3 Å². The van der Waals surface area contributed by atoms with Crippen LogP contribution in [0.15, 0.2) is 10.5 Å². The molecular weight excluding hydrogens is 238 g/mol. The van der Waals surface area contributed by atoms with Gasteiger partial charge >= 0.3 is 0 Å². The van der Waals surface area contributed by atoms with Crippen LogP contribution in [0.2, 0.25) is 0 Å². The molecule has 0 saturated carbocycles. The molecule has 5 N–H and O–H groups in total. The number of nitrogens with one attached hydrogen (secondary N) is 1. The first-order valence-electron chi connectivity index (χ1n) is 5.30. The number of rotatable bonds is 5. The molecule has 0 aliphatic carbocycles. The fourth-order valence-corrected chi connectivity index (χ4v) is 2.30. The normalized spacial score (nSPS) is 11.6. The minimum Gasteiger partial charge on any atom is -0.465 e. The van der Waals surface area contributed by atoms with Gasteiger partial charge in [-0.1, -0.05) is 0 Å². The van der Waals surface area contributed by atoms with E-state index in [9.17, 15) is 4.79 Å². The van der Waals surface area contributed by atoms with Crippen LogP contribution in [0.1, 0.15) is 35.7 Å². The Morgan fingerprint density at radius 3 is 2.76 bits per heavy atom. The van der Waals surface area contributed by atoms with E-state index in [0.29, 0.717) is 17.1 Å². The maximum absolute atomic E-state index is 11.4. The van der Waals surface area contributed by atoms with Gasteiger partial charge in [0.05, 0.1) is 11.3 Å². The van der Waals surface area contributed by atoms with Gasteiger partial charge in [0.1, 0.15) is 11.5 Å². The molecule has 17 heavy (non-hydrogen) atoms. The summed E-state index contributed by atoms with van der Waals surface area (Å²) in [5.41, 5.74) is 8.24. The van der Waals surface area contributed by atoms with Gasteiger partial charge in [0.2, 0.25) is 0 Å². The third-order valence-electron chi connectivity index (χ3n) is 2.06. The molecule has 96 valence electrons. The number of thioether (sulfide) groups is 1. The van der Waals surface area contributed by atoms with Crippen molar-refractivity contribution in [1.82, 2.24) is 5.43 Å². The highest BCUT2D eigenvalue weighted by molar-refractivity contribution is 7.98. The summed E-state index contributed by atoms with van der Waals surface area (Å²) in [7, 11) is 0. The number of aryl methyl sites for hydroxylation is 1. The standard InChI is InChI=1S/C11H19N3O2S/c1-7-9(10(15)14-13)4-8(16-7)5-17-6-11(2,3)12/h4H,5-6,12-13H2,1-3H3,(H,14,15). The van der Waals surface area contributed by atoms with Gasteiger partial charge < -0.3 is 10.2 Å². The second-order valence-electron chi connectivity index (χ2n) is 4.64. The van der Waals surface area contributed by atoms with Crippen molar-refractivity contribution in [2.24, 2.45) is 11.6 Å². The lowest BCUT2D eigenvalue weighted by atomic mass is 10.1. The summed E-state index contributed by atoms with van der Waals surface area (Å²) in [4.78, 5) is 11.4. The van der Waals surface area contributed by atoms with Crippen LogP contribution >= 0.6 is 11.8 Å². The first kappa shape index (κ1) is 14.1. The smallest absolute Gasteiger partial charge is 0.268 e. The van der Waals surface area contributed by atoms with Crippen LogP contribution in [0.4, 0.5) is 0 Å². The maximum Gasteiger partial charge on any atom is 0.268 e. The summed E-state index contributed by atoms with van der Waals surface area (Å²) in [5.74, 6) is 7.60. The summed E-state index contributed by atoms with van der Waals surface area (Å²) in [6.07, 6.45) is 0. The number of furan rings is 1. The monoisotopic (exact) mass is 257 g/mol. The highest BCUT2D eigenvalue weighted by atomic mass is 32.2. The van der Waals surface area contributed by atoms with Crippen LogP contribution in [-0.2, 0) is 5.75 Å². The molecule has 0 unspecified atom stereocenters. The lowest BCUT2D eigenvalue weighted by Crippen LogP contribution is -2.34. The highest BCUT2D eigenvalue weighted by Gasteiger charge is 2.15. The van der Waals surface area contributed by atoms with Crippen LogP contribution in [0.25, 0.3) is 0 Å². The zero-order valence-corrected chi connectivity index (χ0v) is 11.2. The molecule has 0 saturated heterocycles. The van der Waals surface area contributed by atoms with E-state index in [4.69, 9.17) is 16.0 Å². The Balaban J connectivity index is 2.59. The molecule has 0 atom stereocenters. The van der Waals surface area contributed by atoms with Crippen molar-refractivity contribution in [1.29, 1.82) is 0 Å². The Bertz CT molecular complexity index is 396. The summed E-state index contributed by atoms with van der Waals surface area (Å²) in [5, 5.41) is 0. The molecule has 1 rings (SSSR count). The van der Waals surface area contributed by atoms with Crippen LogP contribution in [-0.4, -0.2) is 17.2 Å². The zero-order chi connectivity index (χ0) is 13.1. The predicted molar refractivity (Wildman–Crippen MR) is 69.5 cm³/mol. The van der Waals surface area contributed by atoms with Gasteiger partial charge in [-0.15, -0.1) is 0 Å². The Labute approximate surface area is 105 Å². The van der Waals surface area contributed by atoms with E-state index < -0.39 is 0 Å². The lowest BCUT2D eigenvalue weighted by Gasteiger charge is -2.16. The zero-order valence-electron chi connectivity index (χ0n) is 10.4. The summed E-state index contributed by atoms with van der Waals surface area (Å²) >= 11 is 1.67. The van der Waals surface area contributed by atoms with Gasteiger partial charge in [0.25, 0.3) is 5.91 Å². The van der Waals surface area contributed by atoms with E-state index in [0.717, 1.165) is 11.5 Å². The number of carbonyl (C=O) groups is 1. The van der Waals surface area contributed by atoms with Gasteiger partial charge in [-0.05, 0) is 26.8 Å². The molecule has 5 nitrogen and oxygen atoms in total. The van der Waals surface area contributed by atoms with Gasteiger partial charge in [-0.3, -0.25) is 10.2 Å². The third-order valence-corrected chi connectivity index (χ3v) is 3.50. The number of hydrogen-bond donors (Lipinski definition) is 3. The first-order chi connectivity index (χ1) is 7.83. The number of nitrogens with two attached hydrogens (primary N) is 2. The molecule has 0 aromatic carbocycles. The second kappa shape index (κ2) is 5.57. The van der Waals surface area contributed by atoms with Crippen molar-refractivity contribution in [3.63, 3.8) is 0 Å². The van der Waals surface area contributed by atoms with Crippen molar-refractivity contribution < 1.29 is 9.21 Å². The molecule has 0 radical (unpaired) electrons. The van der Waals surface area contributed by atoms with E-state index in [2.05, 4.69) is 5.43 Å². The van der Waals surface area contributed by atoms with Crippen molar-refractivity contribution >= 4 is 17.7 Å². The highest BCUT2D eigenvalue weighted by Crippen LogP contribution is 2.21. The average molecular weight is 257 g/mol. The molecule has 6 heteroatoms. The number of hydrogen-bond acceptors (Lipinski definition) is 5. The molecule has 1 aromatic heterocycles. The van der Waals surface area contributed by atoms with Gasteiger partial charge in [-0.25, -0.2) is 5.84 Å². The molecular formula is C11H19N3O2S. The van der Waals surface area contributed by atoms with Crippen molar-refractivity contribution in [3.8, 4) is 0 Å². The Morgan fingerprint density at radius 2 is 2.24 bits per heavy atom. The predicted octanol–water partition coefficient (Wildman–Crippen LogP) is 1.16. The van der Waals surface area contributed by atoms with Crippen molar-refractivity contribution in [2.75, 3.05) is 5.75 Å². The van der Waals surface area contributed by atoms with E-state index in [1.165, 1.54) is 0 Å². The Kier molecular flexibility index (Phi) is 4.62. The van der Waals surface area contributed by atoms with Gasteiger partial charge in [0.15, 0.2) is 0 Å². The largest absolute Gasteiger partial charge is 0.465 e.